The molecule has 106 valence electrons. The van der Waals surface area contributed by atoms with Crippen molar-refractivity contribution in [1.82, 2.24) is 9.27 Å². The van der Waals surface area contributed by atoms with E-state index < -0.39 is 5.97 Å². The monoisotopic (exact) mass is 284 g/mol. The molecule has 3 N–H and O–H groups in total. The third-order valence-electron chi connectivity index (χ3n) is 3.11. The maximum absolute atomic E-state index is 11.8. The number of nitrogens with two attached hydrogens (primary N) is 1. The minimum Gasteiger partial charge on any atom is -0.462 e. The first kappa shape index (κ1) is 14.1. The normalized spacial score (nSPS) is 15.6. The van der Waals surface area contributed by atoms with Gasteiger partial charge in [0.1, 0.15) is 10.6 Å². The zero-order valence-electron chi connectivity index (χ0n) is 11.1. The van der Waals surface area contributed by atoms with Crippen molar-refractivity contribution in [1.29, 1.82) is 0 Å². The summed E-state index contributed by atoms with van der Waals surface area (Å²) in [6.45, 7) is 6.19. The SMILES string of the molecule is CCOC(=O)c1c(N)nsc1NCCN1CCCC1. The molecule has 1 aliphatic rings. The van der Waals surface area contributed by atoms with Crippen LogP contribution < -0.4 is 11.1 Å². The van der Waals surface area contributed by atoms with E-state index in [4.69, 9.17) is 10.5 Å². The number of nitrogens with zero attached hydrogens (tertiary/aromatic N) is 2. The van der Waals surface area contributed by atoms with Gasteiger partial charge in [0.05, 0.1) is 6.61 Å². The Balaban J connectivity index is 1.90. The van der Waals surface area contributed by atoms with Crippen LogP contribution in [0.5, 0.6) is 0 Å². The molecule has 0 atom stereocenters. The van der Waals surface area contributed by atoms with Gasteiger partial charge in [-0.2, -0.15) is 4.37 Å². The van der Waals surface area contributed by atoms with Crippen LogP contribution in [0.15, 0.2) is 0 Å². The number of rotatable bonds is 6. The fraction of sp³-hybridized carbons (Fsp3) is 0.667. The summed E-state index contributed by atoms with van der Waals surface area (Å²) in [4.78, 5) is 14.2. The number of likely N-dealkylation sites (tertiary alicyclic amines) is 1. The molecule has 1 fully saturated rings. The Morgan fingerprint density at radius 3 is 2.95 bits per heavy atom. The van der Waals surface area contributed by atoms with Gasteiger partial charge in [-0.3, -0.25) is 0 Å². The summed E-state index contributed by atoms with van der Waals surface area (Å²) in [6.07, 6.45) is 2.56. The highest BCUT2D eigenvalue weighted by atomic mass is 32.1. The van der Waals surface area contributed by atoms with Crippen LogP contribution in [0.1, 0.15) is 30.1 Å². The number of carbonyl (C=O) groups is 1. The van der Waals surface area contributed by atoms with Crippen LogP contribution in [0.25, 0.3) is 0 Å². The van der Waals surface area contributed by atoms with Gasteiger partial charge in [-0.15, -0.1) is 0 Å². The summed E-state index contributed by atoms with van der Waals surface area (Å²) in [6, 6.07) is 0. The van der Waals surface area contributed by atoms with Crippen molar-refractivity contribution in [3.05, 3.63) is 5.56 Å². The third kappa shape index (κ3) is 3.57. The first-order valence-corrected chi connectivity index (χ1v) is 7.38. The summed E-state index contributed by atoms with van der Waals surface area (Å²) >= 11 is 1.21. The Labute approximate surface area is 117 Å². The molecule has 19 heavy (non-hydrogen) atoms. The van der Waals surface area contributed by atoms with Gasteiger partial charge in [-0.25, -0.2) is 4.79 Å². The van der Waals surface area contributed by atoms with E-state index in [9.17, 15) is 4.79 Å². The summed E-state index contributed by atoms with van der Waals surface area (Å²) in [5, 5.41) is 3.94. The number of aromatic nitrogens is 1. The lowest BCUT2D eigenvalue weighted by molar-refractivity contribution is 0.0529. The summed E-state index contributed by atoms with van der Waals surface area (Å²) < 4.78 is 9.00. The number of hydrogen-bond donors (Lipinski definition) is 2. The van der Waals surface area contributed by atoms with Crippen LogP contribution in [0.4, 0.5) is 10.8 Å². The molecule has 1 saturated heterocycles. The molecule has 1 aromatic rings. The molecule has 0 radical (unpaired) electrons. The summed E-state index contributed by atoms with van der Waals surface area (Å²) in [7, 11) is 0. The van der Waals surface area contributed by atoms with Crippen molar-refractivity contribution in [2.24, 2.45) is 0 Å². The second-order valence-corrected chi connectivity index (χ2v) is 5.24. The van der Waals surface area contributed by atoms with E-state index in [2.05, 4.69) is 14.6 Å². The van der Waals surface area contributed by atoms with Crippen LogP contribution in [0, 0.1) is 0 Å². The molecule has 1 aliphatic heterocycles. The zero-order valence-corrected chi connectivity index (χ0v) is 12.0. The highest BCUT2D eigenvalue weighted by Gasteiger charge is 2.20. The average Bonchev–Trinajstić information content (AvgIpc) is 3.00. The van der Waals surface area contributed by atoms with Crippen LogP contribution in [-0.4, -0.2) is 48.0 Å². The molecule has 0 amide bonds. The molecule has 0 aliphatic carbocycles. The van der Waals surface area contributed by atoms with E-state index in [0.29, 0.717) is 17.2 Å². The fourth-order valence-corrected chi connectivity index (χ4v) is 2.88. The topological polar surface area (TPSA) is 80.5 Å². The molecule has 0 saturated carbocycles. The minimum absolute atomic E-state index is 0.243. The second-order valence-electron chi connectivity index (χ2n) is 4.47. The van der Waals surface area contributed by atoms with Gasteiger partial charge >= 0.3 is 5.97 Å². The Morgan fingerprint density at radius 2 is 2.26 bits per heavy atom. The number of hydrogen-bond acceptors (Lipinski definition) is 7. The van der Waals surface area contributed by atoms with Crippen molar-refractivity contribution in [3.63, 3.8) is 0 Å². The zero-order chi connectivity index (χ0) is 13.7. The van der Waals surface area contributed by atoms with Crippen LogP contribution in [0.2, 0.25) is 0 Å². The van der Waals surface area contributed by atoms with Crippen LogP contribution >= 0.6 is 11.5 Å². The van der Waals surface area contributed by atoms with Crippen LogP contribution in [-0.2, 0) is 4.74 Å². The van der Waals surface area contributed by atoms with Crippen molar-refractivity contribution in [3.8, 4) is 0 Å². The number of esters is 1. The maximum atomic E-state index is 11.8. The van der Waals surface area contributed by atoms with Crippen molar-refractivity contribution >= 4 is 28.3 Å². The molecular formula is C12H20N4O2S. The molecule has 7 heteroatoms. The van der Waals surface area contributed by atoms with E-state index in [1.807, 2.05) is 0 Å². The van der Waals surface area contributed by atoms with Crippen molar-refractivity contribution in [2.45, 2.75) is 19.8 Å². The Kier molecular flexibility index (Phi) is 4.98. The Morgan fingerprint density at radius 1 is 1.53 bits per heavy atom. The minimum atomic E-state index is -0.405. The molecule has 2 heterocycles. The van der Waals surface area contributed by atoms with Gasteiger partial charge < -0.3 is 20.7 Å². The van der Waals surface area contributed by atoms with E-state index in [0.717, 1.165) is 26.2 Å². The van der Waals surface area contributed by atoms with E-state index >= 15 is 0 Å². The first-order valence-electron chi connectivity index (χ1n) is 6.61. The van der Waals surface area contributed by atoms with Crippen LogP contribution in [0.3, 0.4) is 0 Å². The van der Waals surface area contributed by atoms with Gasteiger partial charge in [-0.05, 0) is 44.4 Å². The first-order chi connectivity index (χ1) is 9.22. The van der Waals surface area contributed by atoms with Crippen molar-refractivity contribution in [2.75, 3.05) is 43.8 Å². The second kappa shape index (κ2) is 6.72. The lowest BCUT2D eigenvalue weighted by Crippen LogP contribution is -2.26. The largest absolute Gasteiger partial charge is 0.462 e. The molecule has 0 spiro atoms. The Bertz CT molecular complexity index is 429. The van der Waals surface area contributed by atoms with Gasteiger partial charge in [0.15, 0.2) is 5.82 Å². The quantitative estimate of drug-likeness (QED) is 0.769. The standard InChI is InChI=1S/C12H20N4O2S/c1-2-18-12(17)9-10(13)15-19-11(9)14-5-8-16-6-3-4-7-16/h14H,2-8H2,1H3,(H2,13,15). The molecule has 0 unspecified atom stereocenters. The van der Waals surface area contributed by atoms with Gasteiger partial charge in [-0.1, -0.05) is 0 Å². The van der Waals surface area contributed by atoms with Gasteiger partial charge in [0.2, 0.25) is 0 Å². The molecule has 0 aromatic carbocycles. The van der Waals surface area contributed by atoms with Gasteiger partial charge in [0.25, 0.3) is 0 Å². The molecule has 1 aromatic heterocycles. The summed E-state index contributed by atoms with van der Waals surface area (Å²) in [5.41, 5.74) is 6.08. The predicted molar refractivity (Wildman–Crippen MR) is 76.6 cm³/mol. The number of nitrogen functional groups attached to an aromatic ring is 1. The summed E-state index contributed by atoms with van der Waals surface area (Å²) in [5.74, 6) is -0.162. The number of carbonyl (C=O) groups excluding carboxylic acids is 1. The van der Waals surface area contributed by atoms with E-state index in [1.165, 1.54) is 24.4 Å². The molecule has 6 nitrogen and oxygen atoms in total. The number of nitrogens with one attached hydrogen (secondary N) is 1. The fourth-order valence-electron chi connectivity index (χ4n) is 2.16. The Hall–Kier alpha value is -1.34. The maximum Gasteiger partial charge on any atom is 0.344 e. The van der Waals surface area contributed by atoms with Crippen molar-refractivity contribution < 1.29 is 9.53 Å². The lowest BCUT2D eigenvalue weighted by Gasteiger charge is -2.14. The number of anilines is 2. The predicted octanol–water partition coefficient (Wildman–Crippen LogP) is 1.41. The average molecular weight is 284 g/mol. The third-order valence-corrected chi connectivity index (χ3v) is 3.93. The van der Waals surface area contributed by atoms with Gasteiger partial charge in [0, 0.05) is 13.1 Å². The molecular weight excluding hydrogens is 264 g/mol. The molecule has 0 bridgehead atoms. The highest BCUT2D eigenvalue weighted by molar-refractivity contribution is 7.11. The molecule has 2 rings (SSSR count). The van der Waals surface area contributed by atoms with E-state index in [1.54, 1.807) is 6.92 Å². The lowest BCUT2D eigenvalue weighted by atomic mass is 10.3. The van der Waals surface area contributed by atoms with E-state index in [-0.39, 0.29) is 5.82 Å². The number of ether oxygens (including phenoxy) is 1. The smallest absolute Gasteiger partial charge is 0.344 e. The highest BCUT2D eigenvalue weighted by Crippen LogP contribution is 2.27.